The molecule has 1 aliphatic rings. The van der Waals surface area contributed by atoms with Gasteiger partial charge in [-0.25, -0.2) is 18.7 Å². The Morgan fingerprint density at radius 1 is 1.05 bits per heavy atom. The number of halogens is 2. The zero-order chi connectivity index (χ0) is 28.5. The molecule has 208 valence electrons. The Labute approximate surface area is 239 Å². The van der Waals surface area contributed by atoms with Crippen molar-refractivity contribution < 1.29 is 13.6 Å². The van der Waals surface area contributed by atoms with E-state index in [1.54, 1.807) is 17.5 Å². The van der Waals surface area contributed by atoms with Gasteiger partial charge in [0.2, 0.25) is 0 Å². The first-order chi connectivity index (χ1) is 19.9. The molecule has 41 heavy (non-hydrogen) atoms. The number of hydrogen-bond donors (Lipinski definition) is 1. The van der Waals surface area contributed by atoms with E-state index in [1.807, 2.05) is 24.3 Å². The van der Waals surface area contributed by atoms with Crippen LogP contribution in [0.4, 0.5) is 13.9 Å². The zero-order valence-electron chi connectivity index (χ0n) is 22.3. The third-order valence-corrected chi connectivity index (χ3v) is 8.34. The molecule has 5 aromatic rings. The average Bonchev–Trinajstić information content (AvgIpc) is 3.48. The van der Waals surface area contributed by atoms with Gasteiger partial charge in [-0.1, -0.05) is 36.4 Å². The molecule has 1 fully saturated rings. The molecule has 3 heterocycles. The van der Waals surface area contributed by atoms with Gasteiger partial charge in [0.05, 0.1) is 11.8 Å². The highest BCUT2D eigenvalue weighted by molar-refractivity contribution is 7.13. The molecule has 0 saturated carbocycles. The van der Waals surface area contributed by atoms with Crippen LogP contribution in [0.2, 0.25) is 0 Å². The van der Waals surface area contributed by atoms with Gasteiger partial charge in [0, 0.05) is 17.1 Å². The lowest BCUT2D eigenvalue weighted by Crippen LogP contribution is -2.34. The summed E-state index contributed by atoms with van der Waals surface area (Å²) in [5, 5.41) is 4.42. The number of amides is 1. The first-order valence-corrected chi connectivity index (χ1v) is 14.2. The normalized spacial score (nSPS) is 15.2. The van der Waals surface area contributed by atoms with Gasteiger partial charge in [-0.2, -0.15) is 0 Å². The molecule has 1 atom stereocenters. The highest BCUT2D eigenvalue weighted by atomic mass is 32.1. The number of hydrogen-bond acceptors (Lipinski definition) is 6. The second-order valence-corrected chi connectivity index (χ2v) is 11.2. The van der Waals surface area contributed by atoms with Gasteiger partial charge in [0.1, 0.15) is 23.1 Å². The molecule has 1 aliphatic heterocycles. The number of benzene rings is 3. The van der Waals surface area contributed by atoms with Gasteiger partial charge >= 0.3 is 0 Å². The van der Waals surface area contributed by atoms with Crippen molar-refractivity contribution in [3.63, 3.8) is 0 Å². The van der Waals surface area contributed by atoms with E-state index >= 15 is 4.39 Å². The molecular formula is C31H27F2N5O2S. The quantitative estimate of drug-likeness (QED) is 0.277. The predicted molar refractivity (Wildman–Crippen MR) is 156 cm³/mol. The monoisotopic (exact) mass is 571 g/mol. The van der Waals surface area contributed by atoms with Crippen LogP contribution in [0, 0.1) is 11.6 Å². The topological polar surface area (TPSA) is 80.1 Å². The molecule has 1 amide bonds. The summed E-state index contributed by atoms with van der Waals surface area (Å²) in [6, 6.07) is 15.1. The Balaban J connectivity index is 1.40. The van der Waals surface area contributed by atoms with Gasteiger partial charge in [0.15, 0.2) is 5.13 Å². The predicted octanol–water partition coefficient (Wildman–Crippen LogP) is 5.84. The summed E-state index contributed by atoms with van der Waals surface area (Å²) in [7, 11) is 2.12. The number of anilines is 1. The third kappa shape index (κ3) is 5.40. The van der Waals surface area contributed by atoms with Crippen LogP contribution in [0.1, 0.15) is 35.9 Å². The van der Waals surface area contributed by atoms with Crippen molar-refractivity contribution in [3.8, 4) is 11.1 Å². The lowest BCUT2D eigenvalue weighted by atomic mass is 9.88. The minimum atomic E-state index is -1.31. The minimum Gasteiger partial charge on any atom is -0.306 e. The number of thiazole rings is 1. The maximum absolute atomic E-state index is 16.1. The molecule has 2 aromatic heterocycles. The summed E-state index contributed by atoms with van der Waals surface area (Å²) < 4.78 is 31.3. The van der Waals surface area contributed by atoms with E-state index in [9.17, 15) is 14.0 Å². The highest BCUT2D eigenvalue weighted by Gasteiger charge is 2.27. The number of likely N-dealkylation sites (tertiary alicyclic amines) is 1. The molecule has 0 radical (unpaired) electrons. The summed E-state index contributed by atoms with van der Waals surface area (Å²) in [6.07, 6.45) is 4.87. The summed E-state index contributed by atoms with van der Waals surface area (Å²) in [5.74, 6) is -1.46. The van der Waals surface area contributed by atoms with E-state index in [0.717, 1.165) is 30.5 Å². The Morgan fingerprint density at radius 3 is 2.54 bits per heavy atom. The fourth-order valence-corrected chi connectivity index (χ4v) is 5.97. The number of carbonyl (C=O) groups is 1. The Kier molecular flexibility index (Phi) is 7.42. The molecule has 7 nitrogen and oxygen atoms in total. The molecule has 1 unspecified atom stereocenters. The second-order valence-electron chi connectivity index (χ2n) is 10.3. The molecule has 0 spiro atoms. The van der Waals surface area contributed by atoms with Gasteiger partial charge < -0.3 is 4.90 Å². The SMILES string of the molecule is CN1CCC(c2ccc(-c3ccc4ncn(C(C(=O)Nc5nccs5)c5cccc(F)c5)c(=O)c4c3F)cc2)CC1. The second kappa shape index (κ2) is 11.3. The van der Waals surface area contributed by atoms with Crippen molar-refractivity contribution >= 4 is 33.3 Å². The fraction of sp³-hybridized carbons (Fsp3) is 0.226. The molecular weight excluding hydrogens is 544 g/mol. The minimum absolute atomic E-state index is 0.161. The van der Waals surface area contributed by atoms with Crippen LogP contribution in [0.5, 0.6) is 0 Å². The van der Waals surface area contributed by atoms with E-state index in [-0.39, 0.29) is 22.0 Å². The maximum Gasteiger partial charge on any atom is 0.265 e. The number of piperidine rings is 1. The maximum atomic E-state index is 16.1. The lowest BCUT2D eigenvalue weighted by molar-refractivity contribution is -0.118. The van der Waals surface area contributed by atoms with Crippen LogP contribution in [-0.2, 0) is 4.79 Å². The van der Waals surface area contributed by atoms with Crippen molar-refractivity contribution in [1.29, 1.82) is 0 Å². The van der Waals surface area contributed by atoms with Crippen LogP contribution in [0.3, 0.4) is 0 Å². The van der Waals surface area contributed by atoms with E-state index in [4.69, 9.17) is 0 Å². The van der Waals surface area contributed by atoms with E-state index in [2.05, 4.69) is 27.2 Å². The summed E-state index contributed by atoms with van der Waals surface area (Å²) in [4.78, 5) is 37.9. The number of aromatic nitrogens is 3. The van der Waals surface area contributed by atoms with Crippen molar-refractivity contribution in [3.05, 3.63) is 112 Å². The van der Waals surface area contributed by atoms with Crippen molar-refractivity contribution in [1.82, 2.24) is 19.4 Å². The van der Waals surface area contributed by atoms with Gasteiger partial charge in [-0.15, -0.1) is 11.3 Å². The highest BCUT2D eigenvalue weighted by Crippen LogP contribution is 2.32. The smallest absolute Gasteiger partial charge is 0.265 e. The van der Waals surface area contributed by atoms with Gasteiger partial charge in [0.25, 0.3) is 11.5 Å². The van der Waals surface area contributed by atoms with Crippen LogP contribution < -0.4 is 10.9 Å². The molecule has 0 aliphatic carbocycles. The number of rotatable bonds is 6. The standard InChI is InChI=1S/C31H27F2N5O2S/c1-37-14-11-20(12-15-37)19-5-7-21(8-6-19)24-9-10-25-26(27(24)33)30(40)38(18-35-25)28(22-3-2-4-23(32)17-22)29(39)36-31-34-13-16-41-31/h2-10,13,16-18,20,28H,11-12,14-15H2,1H3,(H,34,36,39). The molecule has 1 saturated heterocycles. The number of fused-ring (bicyclic) bond motifs is 1. The third-order valence-electron chi connectivity index (χ3n) is 7.65. The van der Waals surface area contributed by atoms with Gasteiger partial charge in [-0.05, 0) is 79.9 Å². The van der Waals surface area contributed by atoms with Gasteiger partial charge in [-0.3, -0.25) is 19.5 Å². The molecule has 6 rings (SSSR count). The summed E-state index contributed by atoms with van der Waals surface area (Å²) >= 11 is 1.20. The lowest BCUT2D eigenvalue weighted by Gasteiger charge is -2.29. The largest absolute Gasteiger partial charge is 0.306 e. The van der Waals surface area contributed by atoms with Crippen LogP contribution in [0.25, 0.3) is 22.0 Å². The molecule has 0 bridgehead atoms. The Bertz CT molecular complexity index is 1760. The van der Waals surface area contributed by atoms with E-state index in [1.165, 1.54) is 53.7 Å². The number of nitrogens with one attached hydrogen (secondary N) is 1. The molecule has 10 heteroatoms. The Morgan fingerprint density at radius 2 is 1.83 bits per heavy atom. The summed E-state index contributed by atoms with van der Waals surface area (Å²) in [6.45, 7) is 2.09. The number of nitrogens with zero attached hydrogens (tertiary/aromatic N) is 4. The van der Waals surface area contributed by atoms with E-state index < -0.39 is 29.1 Å². The van der Waals surface area contributed by atoms with Crippen molar-refractivity contribution in [2.45, 2.75) is 24.8 Å². The fourth-order valence-electron chi connectivity index (χ4n) is 5.44. The van der Waals surface area contributed by atoms with Crippen molar-refractivity contribution in [2.75, 3.05) is 25.5 Å². The van der Waals surface area contributed by atoms with Crippen molar-refractivity contribution in [2.24, 2.45) is 0 Å². The number of carbonyl (C=O) groups excluding carboxylic acids is 1. The summed E-state index contributed by atoms with van der Waals surface area (Å²) in [5.41, 5.74) is 1.74. The molecule has 1 N–H and O–H groups in total. The zero-order valence-corrected chi connectivity index (χ0v) is 23.1. The van der Waals surface area contributed by atoms with E-state index in [0.29, 0.717) is 16.6 Å². The average molecular weight is 572 g/mol. The molecule has 3 aromatic carbocycles. The Hall–Kier alpha value is -4.28. The first-order valence-electron chi connectivity index (χ1n) is 13.3. The van der Waals surface area contributed by atoms with Crippen LogP contribution in [0.15, 0.2) is 83.4 Å². The van der Waals surface area contributed by atoms with Crippen LogP contribution in [-0.4, -0.2) is 45.5 Å². The van der Waals surface area contributed by atoms with Crippen LogP contribution >= 0.6 is 11.3 Å². The first kappa shape index (κ1) is 26.9.